The molecular formula is C30H45NO4. The minimum atomic E-state index is -1.11. The fourth-order valence-electron chi connectivity index (χ4n) is 10.8. The predicted octanol–water partition coefficient (Wildman–Crippen LogP) is 5.33. The van der Waals surface area contributed by atoms with Crippen molar-refractivity contribution in [2.24, 2.45) is 45.8 Å². The van der Waals surface area contributed by atoms with E-state index in [1.54, 1.807) is 0 Å². The maximum Gasteiger partial charge on any atom is 0.315 e. The average Bonchev–Trinajstić information content (AvgIpc) is 3.55. The van der Waals surface area contributed by atoms with Gasteiger partial charge in [-0.2, -0.15) is 0 Å². The van der Waals surface area contributed by atoms with E-state index in [9.17, 15) is 14.7 Å². The summed E-state index contributed by atoms with van der Waals surface area (Å²) in [5, 5.41) is 11.2. The highest BCUT2D eigenvalue weighted by atomic mass is 16.5. The van der Waals surface area contributed by atoms with Crippen molar-refractivity contribution in [3.8, 4) is 0 Å². The number of aldehydes is 1. The molecule has 5 nitrogen and oxygen atoms in total. The van der Waals surface area contributed by atoms with Gasteiger partial charge >= 0.3 is 5.97 Å². The number of nitrogens with zero attached hydrogens (tertiary/aromatic N) is 1. The Morgan fingerprint density at radius 2 is 1.97 bits per heavy atom. The van der Waals surface area contributed by atoms with Crippen molar-refractivity contribution in [2.75, 3.05) is 13.1 Å². The van der Waals surface area contributed by atoms with Crippen LogP contribution in [-0.4, -0.2) is 53.6 Å². The van der Waals surface area contributed by atoms with Gasteiger partial charge < -0.3 is 14.6 Å². The van der Waals surface area contributed by atoms with Crippen LogP contribution < -0.4 is 0 Å². The summed E-state index contributed by atoms with van der Waals surface area (Å²) in [6.45, 7) is 11.0. The van der Waals surface area contributed by atoms with Gasteiger partial charge in [0, 0.05) is 18.0 Å². The van der Waals surface area contributed by atoms with Crippen LogP contribution in [0.2, 0.25) is 0 Å². The number of piperidine rings is 1. The fraction of sp³-hybridized carbons (Fsp3) is 0.867. The second-order valence-electron chi connectivity index (χ2n) is 13.5. The summed E-state index contributed by atoms with van der Waals surface area (Å²) in [7, 11) is 0. The Labute approximate surface area is 211 Å². The number of hydrogen-bond acceptors (Lipinski definition) is 4. The van der Waals surface area contributed by atoms with E-state index in [0.717, 1.165) is 57.1 Å². The monoisotopic (exact) mass is 483 g/mol. The summed E-state index contributed by atoms with van der Waals surface area (Å²) >= 11 is 0. The second-order valence-corrected chi connectivity index (χ2v) is 13.5. The van der Waals surface area contributed by atoms with Crippen molar-refractivity contribution in [3.63, 3.8) is 0 Å². The smallest absolute Gasteiger partial charge is 0.315 e. The molecule has 6 rings (SSSR count). The highest BCUT2D eigenvalue weighted by Crippen LogP contribution is 2.84. The molecule has 3 saturated carbocycles. The molecule has 4 aliphatic carbocycles. The first-order valence-electron chi connectivity index (χ1n) is 14.5. The number of ether oxygens (including phenoxy) is 1. The van der Waals surface area contributed by atoms with E-state index in [-0.39, 0.29) is 30.0 Å². The highest BCUT2D eigenvalue weighted by Gasteiger charge is 2.86. The minimum Gasteiger partial charge on any atom is -0.481 e. The minimum absolute atomic E-state index is 0.0724. The number of carboxylic acid groups (broad SMARTS) is 1. The first kappa shape index (κ1) is 24.2. The second kappa shape index (κ2) is 8.15. The van der Waals surface area contributed by atoms with Crippen LogP contribution in [0.4, 0.5) is 0 Å². The molecule has 2 heterocycles. The lowest BCUT2D eigenvalue weighted by molar-refractivity contribution is -0.197. The lowest BCUT2D eigenvalue weighted by Crippen LogP contribution is -2.65. The summed E-state index contributed by atoms with van der Waals surface area (Å²) in [4.78, 5) is 29.5. The maximum absolute atomic E-state index is 13.7. The number of rotatable bonds is 6. The van der Waals surface area contributed by atoms with E-state index in [1.807, 2.05) is 0 Å². The largest absolute Gasteiger partial charge is 0.481 e. The van der Waals surface area contributed by atoms with Gasteiger partial charge in [0.2, 0.25) is 0 Å². The van der Waals surface area contributed by atoms with E-state index in [1.165, 1.54) is 19.3 Å². The van der Waals surface area contributed by atoms with Gasteiger partial charge in [0.25, 0.3) is 0 Å². The lowest BCUT2D eigenvalue weighted by Gasteiger charge is -2.60. The average molecular weight is 484 g/mol. The van der Waals surface area contributed by atoms with Crippen molar-refractivity contribution < 1.29 is 19.4 Å². The first-order valence-corrected chi connectivity index (χ1v) is 14.5. The number of carbonyl (C=O) groups excluding carboxylic acids is 1. The SMILES string of the molecule is CC(C)C1=CC2CC3(C=O)[C@@H]4CC[C@@H](C)[C@H]4CC2(C2CCC(CN4CCCCC4C)O2)C13C(=O)O. The third-order valence-corrected chi connectivity index (χ3v) is 12.1. The Bertz CT molecular complexity index is 929. The molecule has 0 aromatic heterocycles. The number of aliphatic carboxylic acids is 1. The van der Waals surface area contributed by atoms with Crippen molar-refractivity contribution >= 4 is 12.3 Å². The van der Waals surface area contributed by atoms with Crippen LogP contribution in [0.1, 0.15) is 85.5 Å². The van der Waals surface area contributed by atoms with E-state index in [0.29, 0.717) is 24.3 Å². The van der Waals surface area contributed by atoms with Gasteiger partial charge in [-0.1, -0.05) is 45.3 Å². The number of carbonyl (C=O) groups is 2. The van der Waals surface area contributed by atoms with Gasteiger partial charge in [0.15, 0.2) is 0 Å². The summed E-state index contributed by atoms with van der Waals surface area (Å²) in [5.41, 5.74) is -1.34. The molecule has 0 spiro atoms. The quantitative estimate of drug-likeness (QED) is 0.408. The van der Waals surface area contributed by atoms with Crippen LogP contribution in [0.25, 0.3) is 0 Å². The van der Waals surface area contributed by atoms with Crippen molar-refractivity contribution in [3.05, 3.63) is 11.6 Å². The molecule has 2 aliphatic heterocycles. The summed E-state index contributed by atoms with van der Waals surface area (Å²) in [6.07, 6.45) is 13.1. The van der Waals surface area contributed by atoms with E-state index >= 15 is 0 Å². The molecule has 6 aliphatic rings. The standard InChI is InChI=1S/C30H45NO4/c1-18(2)25-13-21-14-28(17-32)24-10-8-19(3)23(24)15-29(21,30(25,28)27(33)34)26-11-9-22(35-26)16-31-12-6-5-7-20(31)4/h13,17-24,26H,5-12,14-16H2,1-4H3,(H,33,34)/t19-,20?,21?,22?,23-,24-,26?,28?,29?,30?/m1/s1. The van der Waals surface area contributed by atoms with Crippen LogP contribution in [0.15, 0.2) is 11.6 Å². The van der Waals surface area contributed by atoms with Gasteiger partial charge in [-0.25, -0.2) is 0 Å². The molecule has 0 aromatic rings. The molecule has 7 unspecified atom stereocenters. The van der Waals surface area contributed by atoms with Gasteiger partial charge in [-0.15, -0.1) is 0 Å². The van der Waals surface area contributed by atoms with Crippen molar-refractivity contribution in [1.29, 1.82) is 0 Å². The van der Waals surface area contributed by atoms with Crippen molar-refractivity contribution in [1.82, 2.24) is 4.90 Å². The number of likely N-dealkylation sites (tertiary alicyclic amines) is 1. The van der Waals surface area contributed by atoms with Gasteiger partial charge in [0.1, 0.15) is 11.7 Å². The number of fused-ring (bicyclic) bond motifs is 2. The summed E-state index contributed by atoms with van der Waals surface area (Å²) in [6, 6.07) is 0.601. The Kier molecular flexibility index (Phi) is 5.62. The van der Waals surface area contributed by atoms with Gasteiger partial charge in [-0.05, 0) is 88.0 Å². The highest BCUT2D eigenvalue weighted by molar-refractivity contribution is 5.90. The Morgan fingerprint density at radius 3 is 2.66 bits per heavy atom. The normalized spacial score (nSPS) is 51.0. The molecule has 35 heavy (non-hydrogen) atoms. The zero-order valence-corrected chi connectivity index (χ0v) is 22.2. The van der Waals surface area contributed by atoms with E-state index in [2.05, 4.69) is 38.7 Å². The van der Waals surface area contributed by atoms with E-state index < -0.39 is 22.2 Å². The van der Waals surface area contributed by atoms with Gasteiger partial charge in [0.05, 0.1) is 17.6 Å². The molecule has 1 N–H and O–H groups in total. The third-order valence-electron chi connectivity index (χ3n) is 12.1. The summed E-state index contributed by atoms with van der Waals surface area (Å²) in [5.74, 6) is 0.685. The van der Waals surface area contributed by atoms with Gasteiger partial charge in [-0.3, -0.25) is 9.69 Å². The molecule has 5 fully saturated rings. The maximum atomic E-state index is 13.7. The molecular weight excluding hydrogens is 438 g/mol. The zero-order valence-electron chi connectivity index (χ0n) is 22.2. The van der Waals surface area contributed by atoms with Crippen LogP contribution in [0.5, 0.6) is 0 Å². The van der Waals surface area contributed by atoms with E-state index in [4.69, 9.17) is 4.74 Å². The van der Waals surface area contributed by atoms with Crippen LogP contribution >= 0.6 is 0 Å². The molecule has 0 radical (unpaired) electrons. The molecule has 194 valence electrons. The third kappa shape index (κ3) is 2.83. The van der Waals surface area contributed by atoms with Crippen molar-refractivity contribution in [2.45, 2.75) is 104 Å². The fourth-order valence-corrected chi connectivity index (χ4v) is 10.8. The number of hydrogen-bond donors (Lipinski definition) is 1. The molecule has 0 aromatic carbocycles. The van der Waals surface area contributed by atoms with Crippen LogP contribution in [0.3, 0.4) is 0 Å². The Balaban J connectivity index is 1.41. The molecule has 5 heteroatoms. The predicted molar refractivity (Wildman–Crippen MR) is 135 cm³/mol. The molecule has 2 saturated heterocycles. The molecule has 0 amide bonds. The number of allylic oxidation sites excluding steroid dienone is 1. The first-order chi connectivity index (χ1) is 16.7. The lowest BCUT2D eigenvalue weighted by atomic mass is 9.41. The Hall–Kier alpha value is -1.20. The zero-order chi connectivity index (χ0) is 24.8. The van der Waals surface area contributed by atoms with Crippen LogP contribution in [0, 0.1) is 45.8 Å². The molecule has 10 atom stereocenters. The molecule has 4 bridgehead atoms. The number of carboxylic acids is 1. The topological polar surface area (TPSA) is 66.8 Å². The van der Waals surface area contributed by atoms with Crippen LogP contribution in [-0.2, 0) is 14.3 Å². The summed E-state index contributed by atoms with van der Waals surface area (Å²) < 4.78 is 6.98. The Morgan fingerprint density at radius 1 is 1.17 bits per heavy atom.